The van der Waals surface area contributed by atoms with Crippen LogP contribution in [-0.2, 0) is 17.3 Å². The lowest BCUT2D eigenvalue weighted by Crippen LogP contribution is -2.44. The van der Waals surface area contributed by atoms with Gasteiger partial charge >= 0.3 is 0 Å². The minimum atomic E-state index is -0.281. The third kappa shape index (κ3) is 5.56. The van der Waals surface area contributed by atoms with Gasteiger partial charge < -0.3 is 10.0 Å². The van der Waals surface area contributed by atoms with Crippen molar-refractivity contribution in [2.45, 2.75) is 84.6 Å². The third-order valence-corrected chi connectivity index (χ3v) is 7.24. The molecular formula is C29H39BrN2O2. The van der Waals surface area contributed by atoms with Crippen LogP contribution in [0.5, 0.6) is 5.75 Å². The lowest BCUT2D eigenvalue weighted by atomic mass is 9.78. The fourth-order valence-electron chi connectivity index (χ4n) is 4.98. The van der Waals surface area contributed by atoms with Crippen LogP contribution < -0.4 is 0 Å². The van der Waals surface area contributed by atoms with Crippen LogP contribution >= 0.6 is 16.1 Å². The summed E-state index contributed by atoms with van der Waals surface area (Å²) in [5, 5.41) is 11.0. The molecule has 1 fully saturated rings. The summed E-state index contributed by atoms with van der Waals surface area (Å²) in [7, 11) is 0. The van der Waals surface area contributed by atoms with Gasteiger partial charge in [-0.2, -0.15) is 4.02 Å². The number of likely N-dealkylation sites (tertiary alicyclic amines) is 1. The SMILES string of the molecule is CC(C)(C)c1cc(C(=O)CN2/C(=N\Br)C(Cc3ccccc3)CC2(C)C)cc(C(C)(C)C)c1O. The average molecular weight is 528 g/mol. The highest BCUT2D eigenvalue weighted by atomic mass is 79.9. The Hall–Kier alpha value is -2.14. The van der Waals surface area contributed by atoms with Gasteiger partial charge in [0.25, 0.3) is 0 Å². The fraction of sp³-hybridized carbons (Fsp3) is 0.517. The maximum atomic E-state index is 13.7. The van der Waals surface area contributed by atoms with Crippen LogP contribution in [-0.4, -0.2) is 33.7 Å². The smallest absolute Gasteiger partial charge is 0.182 e. The van der Waals surface area contributed by atoms with Gasteiger partial charge in [-0.15, -0.1) is 0 Å². The minimum absolute atomic E-state index is 0.0399. The Bertz CT molecular complexity index is 1040. The third-order valence-electron chi connectivity index (χ3n) is 6.88. The summed E-state index contributed by atoms with van der Waals surface area (Å²) < 4.78 is 4.48. The van der Waals surface area contributed by atoms with E-state index in [1.165, 1.54) is 5.56 Å². The summed E-state index contributed by atoms with van der Waals surface area (Å²) in [6, 6.07) is 14.2. The van der Waals surface area contributed by atoms with Crippen molar-refractivity contribution in [2.75, 3.05) is 6.54 Å². The van der Waals surface area contributed by atoms with Gasteiger partial charge in [0.05, 0.1) is 22.7 Å². The highest BCUT2D eigenvalue weighted by Crippen LogP contribution is 2.41. The highest BCUT2D eigenvalue weighted by molar-refractivity contribution is 9.08. The van der Waals surface area contributed by atoms with Crippen molar-refractivity contribution in [3.05, 3.63) is 64.7 Å². The Morgan fingerprint density at radius 3 is 2.06 bits per heavy atom. The first-order valence-electron chi connectivity index (χ1n) is 12.1. The number of aromatic hydroxyl groups is 1. The normalized spacial score (nSPS) is 19.6. The van der Waals surface area contributed by atoms with Gasteiger partial charge in [0.1, 0.15) is 11.6 Å². The van der Waals surface area contributed by atoms with Gasteiger partial charge in [0, 0.05) is 28.1 Å². The van der Waals surface area contributed by atoms with Gasteiger partial charge in [-0.3, -0.25) is 4.79 Å². The van der Waals surface area contributed by atoms with E-state index in [1.807, 2.05) is 18.2 Å². The number of ketones is 1. The second-order valence-electron chi connectivity index (χ2n) is 12.3. The van der Waals surface area contributed by atoms with E-state index in [0.717, 1.165) is 29.8 Å². The molecule has 1 N–H and O–H groups in total. The molecule has 3 rings (SSSR count). The van der Waals surface area contributed by atoms with E-state index in [-0.39, 0.29) is 34.6 Å². The molecule has 1 heterocycles. The summed E-state index contributed by atoms with van der Waals surface area (Å²) in [6.07, 6.45) is 1.82. The van der Waals surface area contributed by atoms with Crippen LogP contribution in [0.4, 0.5) is 0 Å². The van der Waals surface area contributed by atoms with E-state index in [2.05, 4.69) is 105 Å². The molecule has 0 spiro atoms. The van der Waals surface area contributed by atoms with Crippen LogP contribution in [0.15, 0.2) is 46.5 Å². The van der Waals surface area contributed by atoms with E-state index in [9.17, 15) is 9.90 Å². The Labute approximate surface area is 213 Å². The number of hydrogen-bond donors (Lipinski definition) is 1. The highest BCUT2D eigenvalue weighted by Gasteiger charge is 2.44. The predicted molar refractivity (Wildman–Crippen MR) is 145 cm³/mol. The minimum Gasteiger partial charge on any atom is -0.507 e. The van der Waals surface area contributed by atoms with Crippen molar-refractivity contribution >= 4 is 27.8 Å². The molecule has 1 atom stereocenters. The molecule has 1 saturated heterocycles. The Morgan fingerprint density at radius 2 is 1.59 bits per heavy atom. The van der Waals surface area contributed by atoms with Gasteiger partial charge in [0.15, 0.2) is 5.78 Å². The predicted octanol–water partition coefficient (Wildman–Crippen LogP) is 7.22. The topological polar surface area (TPSA) is 52.9 Å². The molecule has 0 bridgehead atoms. The molecule has 0 amide bonds. The van der Waals surface area contributed by atoms with E-state index < -0.39 is 0 Å². The molecule has 1 aliphatic rings. The summed E-state index contributed by atoms with van der Waals surface area (Å²) in [5.74, 6) is 1.49. The van der Waals surface area contributed by atoms with E-state index in [4.69, 9.17) is 0 Å². The van der Waals surface area contributed by atoms with Crippen LogP contribution in [0.2, 0.25) is 0 Å². The molecule has 5 heteroatoms. The molecule has 0 radical (unpaired) electrons. The Balaban J connectivity index is 1.95. The number of phenols is 1. The Morgan fingerprint density at radius 1 is 1.06 bits per heavy atom. The summed E-state index contributed by atoms with van der Waals surface area (Å²) in [6.45, 7) is 17.0. The van der Waals surface area contributed by atoms with Crippen molar-refractivity contribution in [3.8, 4) is 5.75 Å². The van der Waals surface area contributed by atoms with E-state index in [1.54, 1.807) is 0 Å². The zero-order valence-electron chi connectivity index (χ0n) is 21.9. The van der Waals surface area contributed by atoms with Gasteiger partial charge in [-0.05, 0) is 55.2 Å². The number of carbonyl (C=O) groups excluding carboxylic acids is 1. The molecule has 1 unspecified atom stereocenters. The first kappa shape index (κ1) is 26.5. The number of rotatable bonds is 5. The molecule has 4 nitrogen and oxygen atoms in total. The summed E-state index contributed by atoms with van der Waals surface area (Å²) in [5.41, 5.74) is 2.77. The number of hydrogen-bond acceptors (Lipinski definition) is 3. The number of nitrogens with zero attached hydrogens (tertiary/aromatic N) is 2. The van der Waals surface area contributed by atoms with Crippen molar-refractivity contribution in [2.24, 2.45) is 9.94 Å². The summed E-state index contributed by atoms with van der Waals surface area (Å²) in [4.78, 5) is 15.8. The number of halogens is 1. The van der Waals surface area contributed by atoms with Crippen LogP contribution in [0.1, 0.15) is 88.9 Å². The monoisotopic (exact) mass is 526 g/mol. The maximum Gasteiger partial charge on any atom is 0.182 e. The molecule has 0 aromatic heterocycles. The van der Waals surface area contributed by atoms with Crippen LogP contribution in [0, 0.1) is 5.92 Å². The van der Waals surface area contributed by atoms with Gasteiger partial charge in [-0.1, -0.05) is 71.9 Å². The maximum absolute atomic E-state index is 13.7. The lowest BCUT2D eigenvalue weighted by Gasteiger charge is -2.33. The van der Waals surface area contributed by atoms with Crippen molar-refractivity contribution in [1.82, 2.24) is 4.90 Å². The van der Waals surface area contributed by atoms with Crippen molar-refractivity contribution in [3.63, 3.8) is 0 Å². The molecule has 1 aliphatic heterocycles. The lowest BCUT2D eigenvalue weighted by molar-refractivity contribution is 0.0926. The molecule has 184 valence electrons. The number of Topliss-reactive ketones (excluding diaryl/α,β-unsaturated/α-hetero) is 1. The largest absolute Gasteiger partial charge is 0.507 e. The molecule has 2 aromatic carbocycles. The average Bonchev–Trinajstić information content (AvgIpc) is 2.95. The molecule has 0 saturated carbocycles. The number of amidine groups is 1. The quantitative estimate of drug-likeness (QED) is 0.418. The van der Waals surface area contributed by atoms with Gasteiger partial charge in [-0.25, -0.2) is 0 Å². The fourth-order valence-corrected chi connectivity index (χ4v) is 5.46. The van der Waals surface area contributed by atoms with Gasteiger partial charge in [0.2, 0.25) is 0 Å². The summed E-state index contributed by atoms with van der Waals surface area (Å²) >= 11 is 3.36. The van der Waals surface area contributed by atoms with E-state index >= 15 is 0 Å². The van der Waals surface area contributed by atoms with E-state index in [0.29, 0.717) is 11.3 Å². The first-order valence-corrected chi connectivity index (χ1v) is 12.8. The standard InChI is InChI=1S/C29H39BrN2O2/c1-27(2,3)22-15-20(16-23(25(22)34)28(4,5)6)24(33)18-32-26(31-30)21(17-29(32,7)8)14-19-12-10-9-11-13-19/h9-13,15-16,21,34H,14,17-18H2,1-8H3/b31-26-. The molecule has 34 heavy (non-hydrogen) atoms. The van der Waals surface area contributed by atoms with Crippen molar-refractivity contribution in [1.29, 1.82) is 0 Å². The van der Waals surface area contributed by atoms with Crippen molar-refractivity contribution < 1.29 is 9.90 Å². The second kappa shape index (κ2) is 9.49. The zero-order valence-corrected chi connectivity index (χ0v) is 23.5. The number of phenolic OH excluding ortho intramolecular Hbond substituents is 1. The second-order valence-corrected chi connectivity index (χ2v) is 12.6. The van der Waals surface area contributed by atoms with Crippen LogP contribution in [0.25, 0.3) is 0 Å². The first-order chi connectivity index (χ1) is 15.6. The van der Waals surface area contributed by atoms with Crippen LogP contribution in [0.3, 0.4) is 0 Å². The molecule has 0 aliphatic carbocycles. The molecule has 2 aromatic rings. The number of carbonyl (C=O) groups is 1. The Kier molecular flexibility index (Phi) is 7.38. The zero-order chi connectivity index (χ0) is 25.5. The number of benzene rings is 2. The molecular weight excluding hydrogens is 488 g/mol.